The number of anilines is 1. The quantitative estimate of drug-likeness (QED) is 0.867. The van der Waals surface area contributed by atoms with Gasteiger partial charge in [-0.3, -0.25) is 4.79 Å². The Labute approximate surface area is 125 Å². The van der Waals surface area contributed by atoms with Crippen LogP contribution >= 0.6 is 0 Å². The van der Waals surface area contributed by atoms with Gasteiger partial charge in [0.2, 0.25) is 0 Å². The summed E-state index contributed by atoms with van der Waals surface area (Å²) < 4.78 is 5.56. The van der Waals surface area contributed by atoms with E-state index in [4.69, 9.17) is 4.74 Å². The summed E-state index contributed by atoms with van der Waals surface area (Å²) in [6, 6.07) is 7.54. The van der Waals surface area contributed by atoms with Crippen LogP contribution in [0.15, 0.2) is 24.3 Å². The highest BCUT2D eigenvalue weighted by Gasteiger charge is 2.28. The van der Waals surface area contributed by atoms with Crippen LogP contribution in [-0.4, -0.2) is 54.4 Å². The standard InChI is InChI=1S/C16H24N2O3/c1-3-8-17-14-6-4-13(5-7-14)16(20)18-9-12(2)21-15(10-18)11-19/h4-7,12,15,17,19H,3,8-11H2,1-2H3. The zero-order valence-corrected chi connectivity index (χ0v) is 12.7. The molecule has 1 saturated heterocycles. The van der Waals surface area contributed by atoms with E-state index < -0.39 is 0 Å². The van der Waals surface area contributed by atoms with Gasteiger partial charge >= 0.3 is 0 Å². The van der Waals surface area contributed by atoms with E-state index in [-0.39, 0.29) is 24.7 Å². The van der Waals surface area contributed by atoms with E-state index >= 15 is 0 Å². The second-order valence-electron chi connectivity index (χ2n) is 5.47. The van der Waals surface area contributed by atoms with Crippen molar-refractivity contribution in [3.63, 3.8) is 0 Å². The van der Waals surface area contributed by atoms with E-state index in [1.165, 1.54) is 0 Å². The van der Waals surface area contributed by atoms with Gasteiger partial charge < -0.3 is 20.1 Å². The van der Waals surface area contributed by atoms with E-state index in [9.17, 15) is 9.90 Å². The molecule has 1 aromatic carbocycles. The molecule has 0 bridgehead atoms. The topological polar surface area (TPSA) is 61.8 Å². The smallest absolute Gasteiger partial charge is 0.254 e. The lowest BCUT2D eigenvalue weighted by atomic mass is 10.1. The molecule has 0 aromatic heterocycles. The first-order chi connectivity index (χ1) is 10.1. The molecule has 2 rings (SSSR count). The summed E-state index contributed by atoms with van der Waals surface area (Å²) in [6.07, 6.45) is 0.725. The van der Waals surface area contributed by atoms with E-state index in [2.05, 4.69) is 12.2 Å². The van der Waals surface area contributed by atoms with Crippen molar-refractivity contribution in [2.24, 2.45) is 0 Å². The highest BCUT2D eigenvalue weighted by Crippen LogP contribution is 2.16. The lowest BCUT2D eigenvalue weighted by Crippen LogP contribution is -2.50. The number of morpholine rings is 1. The molecule has 0 spiro atoms. The zero-order chi connectivity index (χ0) is 15.2. The van der Waals surface area contributed by atoms with Gasteiger partial charge in [0, 0.05) is 30.9 Å². The number of ether oxygens (including phenoxy) is 1. The molecule has 1 aliphatic heterocycles. The van der Waals surface area contributed by atoms with Gasteiger partial charge in [0.15, 0.2) is 0 Å². The molecule has 1 amide bonds. The van der Waals surface area contributed by atoms with Gasteiger partial charge in [-0.25, -0.2) is 0 Å². The summed E-state index contributed by atoms with van der Waals surface area (Å²) in [6.45, 7) is 5.89. The highest BCUT2D eigenvalue weighted by molar-refractivity contribution is 5.94. The van der Waals surface area contributed by atoms with Gasteiger partial charge in [-0.2, -0.15) is 0 Å². The largest absolute Gasteiger partial charge is 0.394 e. The van der Waals surface area contributed by atoms with E-state index in [0.29, 0.717) is 18.7 Å². The van der Waals surface area contributed by atoms with Crippen LogP contribution in [0.4, 0.5) is 5.69 Å². The minimum absolute atomic E-state index is 0.00867. The fourth-order valence-corrected chi connectivity index (χ4v) is 2.49. The molecule has 1 heterocycles. The Morgan fingerprint density at radius 2 is 2.10 bits per heavy atom. The van der Waals surface area contributed by atoms with Gasteiger partial charge in [-0.05, 0) is 37.6 Å². The molecule has 5 nitrogen and oxygen atoms in total. The predicted octanol–water partition coefficient (Wildman–Crippen LogP) is 1.73. The summed E-state index contributed by atoms with van der Waals surface area (Å²) >= 11 is 0. The number of carbonyl (C=O) groups is 1. The molecule has 2 N–H and O–H groups in total. The van der Waals surface area contributed by atoms with Crippen LogP contribution in [0, 0.1) is 0 Å². The molecule has 0 radical (unpaired) electrons. The molecule has 5 heteroatoms. The molecule has 21 heavy (non-hydrogen) atoms. The SMILES string of the molecule is CCCNc1ccc(C(=O)N2CC(C)OC(CO)C2)cc1. The van der Waals surface area contributed by atoms with Gasteiger partial charge in [0.25, 0.3) is 5.91 Å². The fraction of sp³-hybridized carbons (Fsp3) is 0.562. The summed E-state index contributed by atoms with van der Waals surface area (Å²) in [7, 11) is 0. The molecule has 116 valence electrons. The molecular formula is C16H24N2O3. The Morgan fingerprint density at radius 1 is 1.38 bits per heavy atom. The van der Waals surface area contributed by atoms with Crippen LogP contribution in [0.25, 0.3) is 0 Å². The minimum Gasteiger partial charge on any atom is -0.394 e. The normalized spacial score (nSPS) is 22.1. The summed E-state index contributed by atoms with van der Waals surface area (Å²) in [4.78, 5) is 14.3. The van der Waals surface area contributed by atoms with Gasteiger partial charge in [-0.1, -0.05) is 6.92 Å². The fourth-order valence-electron chi connectivity index (χ4n) is 2.49. The third-order valence-corrected chi connectivity index (χ3v) is 3.53. The first kappa shape index (κ1) is 15.8. The van der Waals surface area contributed by atoms with Gasteiger partial charge in [0.1, 0.15) is 0 Å². The van der Waals surface area contributed by atoms with Crippen molar-refractivity contribution >= 4 is 11.6 Å². The maximum absolute atomic E-state index is 12.5. The van der Waals surface area contributed by atoms with E-state index in [1.807, 2.05) is 31.2 Å². The second-order valence-corrected chi connectivity index (χ2v) is 5.47. The average Bonchev–Trinajstić information content (AvgIpc) is 2.52. The molecule has 0 saturated carbocycles. The first-order valence-corrected chi connectivity index (χ1v) is 7.53. The average molecular weight is 292 g/mol. The Morgan fingerprint density at radius 3 is 2.71 bits per heavy atom. The van der Waals surface area contributed by atoms with Crippen LogP contribution in [0.1, 0.15) is 30.6 Å². The number of aliphatic hydroxyl groups is 1. The lowest BCUT2D eigenvalue weighted by Gasteiger charge is -2.36. The van der Waals surface area contributed by atoms with Crippen LogP contribution in [-0.2, 0) is 4.74 Å². The molecule has 1 aromatic rings. The van der Waals surface area contributed by atoms with Crippen molar-refractivity contribution in [2.45, 2.75) is 32.5 Å². The van der Waals surface area contributed by atoms with Crippen molar-refractivity contribution < 1.29 is 14.6 Å². The number of hydrogen-bond donors (Lipinski definition) is 2. The number of hydrogen-bond acceptors (Lipinski definition) is 4. The third kappa shape index (κ3) is 4.19. The molecule has 1 aliphatic rings. The van der Waals surface area contributed by atoms with E-state index in [1.54, 1.807) is 4.90 Å². The minimum atomic E-state index is -0.289. The zero-order valence-electron chi connectivity index (χ0n) is 12.7. The van der Waals surface area contributed by atoms with Crippen molar-refractivity contribution in [1.82, 2.24) is 4.90 Å². The van der Waals surface area contributed by atoms with Crippen LogP contribution in [0.2, 0.25) is 0 Å². The number of nitrogens with one attached hydrogen (secondary N) is 1. The Bertz CT molecular complexity index is 461. The van der Waals surface area contributed by atoms with Crippen LogP contribution < -0.4 is 5.32 Å². The maximum atomic E-state index is 12.5. The summed E-state index contributed by atoms with van der Waals surface area (Å²) in [5.74, 6) is -0.00867. The molecular weight excluding hydrogens is 268 g/mol. The number of aliphatic hydroxyl groups excluding tert-OH is 1. The number of nitrogens with zero attached hydrogens (tertiary/aromatic N) is 1. The Kier molecular flexibility index (Phi) is 5.59. The van der Waals surface area contributed by atoms with Gasteiger partial charge in [-0.15, -0.1) is 0 Å². The predicted molar refractivity (Wildman–Crippen MR) is 82.5 cm³/mol. The molecule has 1 fully saturated rings. The molecule has 2 atom stereocenters. The van der Waals surface area contributed by atoms with Crippen molar-refractivity contribution in [3.05, 3.63) is 29.8 Å². The highest BCUT2D eigenvalue weighted by atomic mass is 16.5. The van der Waals surface area contributed by atoms with Gasteiger partial charge in [0.05, 0.1) is 18.8 Å². The summed E-state index contributed by atoms with van der Waals surface area (Å²) in [5.41, 5.74) is 1.69. The van der Waals surface area contributed by atoms with Crippen molar-refractivity contribution in [3.8, 4) is 0 Å². The number of carbonyl (C=O) groups excluding carboxylic acids is 1. The van der Waals surface area contributed by atoms with Crippen LogP contribution in [0.3, 0.4) is 0 Å². The lowest BCUT2D eigenvalue weighted by molar-refractivity contribution is -0.0858. The van der Waals surface area contributed by atoms with Crippen LogP contribution in [0.5, 0.6) is 0 Å². The monoisotopic (exact) mass is 292 g/mol. The third-order valence-electron chi connectivity index (χ3n) is 3.53. The maximum Gasteiger partial charge on any atom is 0.254 e. The Balaban J connectivity index is 2.01. The van der Waals surface area contributed by atoms with E-state index in [0.717, 1.165) is 18.7 Å². The van der Waals surface area contributed by atoms with Crippen molar-refractivity contribution in [2.75, 3.05) is 31.6 Å². The van der Waals surface area contributed by atoms with Crippen molar-refractivity contribution in [1.29, 1.82) is 0 Å². The first-order valence-electron chi connectivity index (χ1n) is 7.53. The number of amides is 1. The molecule has 0 aliphatic carbocycles. The second kappa shape index (κ2) is 7.43. The number of rotatable bonds is 5. The summed E-state index contributed by atoms with van der Waals surface area (Å²) in [5, 5.41) is 12.5. The molecule has 2 unspecified atom stereocenters. The Hall–Kier alpha value is -1.59. The number of benzene rings is 1.